The summed E-state index contributed by atoms with van der Waals surface area (Å²) in [6, 6.07) is 19.5. The molecule has 1 N–H and O–H groups in total. The molecule has 3 aromatic carbocycles. The first-order valence-corrected chi connectivity index (χ1v) is 9.31. The predicted octanol–water partition coefficient (Wildman–Crippen LogP) is 4.18. The van der Waals surface area contributed by atoms with E-state index in [1.807, 2.05) is 49.4 Å². The molecule has 7 nitrogen and oxygen atoms in total. The molecule has 0 saturated carbocycles. The van der Waals surface area contributed by atoms with Crippen LogP contribution >= 0.6 is 0 Å². The third-order valence-electron chi connectivity index (χ3n) is 4.55. The van der Waals surface area contributed by atoms with Gasteiger partial charge in [0.25, 0.3) is 11.6 Å². The van der Waals surface area contributed by atoms with Gasteiger partial charge in [-0.25, -0.2) is 4.79 Å². The van der Waals surface area contributed by atoms with E-state index in [0.717, 1.165) is 22.4 Å². The van der Waals surface area contributed by atoms with Gasteiger partial charge in [0.2, 0.25) is 0 Å². The number of fused-ring (bicyclic) bond motifs is 1. The second-order valence-corrected chi connectivity index (χ2v) is 6.61. The molecule has 0 saturated heterocycles. The Kier molecular flexibility index (Phi) is 6.54. The number of esters is 1. The van der Waals surface area contributed by atoms with Crippen LogP contribution in [-0.4, -0.2) is 23.4 Å². The lowest BCUT2D eigenvalue weighted by Crippen LogP contribution is -2.31. The van der Waals surface area contributed by atoms with E-state index in [9.17, 15) is 19.7 Å². The number of nitro benzene ring substituents is 1. The third kappa shape index (κ3) is 5.08. The number of hydrogen-bond acceptors (Lipinski definition) is 5. The number of amides is 1. The molecule has 0 bridgehead atoms. The number of nitrogens with one attached hydrogen (secondary N) is 1. The smallest absolute Gasteiger partial charge is 0.331 e. The van der Waals surface area contributed by atoms with Crippen LogP contribution in [0.25, 0.3) is 16.8 Å². The van der Waals surface area contributed by atoms with Crippen LogP contribution in [0.1, 0.15) is 24.1 Å². The molecule has 30 heavy (non-hydrogen) atoms. The standard InChI is InChI=1S/C23H20N2O5/c1-16(19-11-6-9-17-7-2-4-10-20(17)19)24-22(26)15-30-23(27)14-13-18-8-3-5-12-21(18)25(28)29/h2-14,16H,15H2,1H3,(H,24,26)/b14-13+. The molecule has 0 aromatic heterocycles. The van der Waals surface area contributed by atoms with Gasteiger partial charge in [-0.2, -0.15) is 0 Å². The molecule has 1 atom stereocenters. The van der Waals surface area contributed by atoms with Crippen LogP contribution < -0.4 is 5.32 Å². The van der Waals surface area contributed by atoms with Gasteiger partial charge in [-0.1, -0.05) is 54.6 Å². The van der Waals surface area contributed by atoms with Gasteiger partial charge in [0.05, 0.1) is 16.5 Å². The number of nitro groups is 1. The molecule has 0 aliphatic carbocycles. The van der Waals surface area contributed by atoms with Crippen molar-refractivity contribution in [3.8, 4) is 0 Å². The van der Waals surface area contributed by atoms with E-state index in [0.29, 0.717) is 0 Å². The Labute approximate surface area is 173 Å². The molecule has 1 unspecified atom stereocenters. The summed E-state index contributed by atoms with van der Waals surface area (Å²) in [4.78, 5) is 34.5. The minimum atomic E-state index is -0.763. The van der Waals surface area contributed by atoms with Crippen molar-refractivity contribution in [3.63, 3.8) is 0 Å². The Morgan fingerprint density at radius 3 is 2.57 bits per heavy atom. The quantitative estimate of drug-likeness (QED) is 0.276. The largest absolute Gasteiger partial charge is 0.452 e. The summed E-state index contributed by atoms with van der Waals surface area (Å²) < 4.78 is 4.94. The van der Waals surface area contributed by atoms with Gasteiger partial charge < -0.3 is 10.1 Å². The lowest BCUT2D eigenvalue weighted by atomic mass is 10.00. The molecular formula is C23H20N2O5. The van der Waals surface area contributed by atoms with Gasteiger partial charge in [-0.05, 0) is 35.4 Å². The first kappa shape index (κ1) is 20.7. The highest BCUT2D eigenvalue weighted by Gasteiger charge is 2.14. The Bertz CT molecular complexity index is 1120. The molecule has 0 heterocycles. The number of para-hydroxylation sites is 1. The molecule has 0 radical (unpaired) electrons. The van der Waals surface area contributed by atoms with E-state index in [1.165, 1.54) is 24.3 Å². The number of rotatable bonds is 7. The van der Waals surface area contributed by atoms with E-state index in [1.54, 1.807) is 6.07 Å². The maximum Gasteiger partial charge on any atom is 0.331 e. The molecule has 7 heteroatoms. The van der Waals surface area contributed by atoms with E-state index in [2.05, 4.69) is 5.32 Å². The van der Waals surface area contributed by atoms with Crippen LogP contribution in [0, 0.1) is 10.1 Å². The van der Waals surface area contributed by atoms with Crippen LogP contribution in [0.5, 0.6) is 0 Å². The van der Waals surface area contributed by atoms with Crippen LogP contribution in [0.3, 0.4) is 0 Å². The average Bonchev–Trinajstić information content (AvgIpc) is 2.75. The molecule has 0 fully saturated rings. The summed E-state index contributed by atoms with van der Waals surface area (Å²) in [6.45, 7) is 1.41. The summed E-state index contributed by atoms with van der Waals surface area (Å²) in [5.41, 5.74) is 1.11. The Balaban J connectivity index is 1.57. The van der Waals surface area contributed by atoms with E-state index in [-0.39, 0.29) is 17.3 Å². The molecule has 152 valence electrons. The molecule has 0 spiro atoms. The second-order valence-electron chi connectivity index (χ2n) is 6.61. The molecule has 3 rings (SSSR count). The van der Waals surface area contributed by atoms with Crippen molar-refractivity contribution in [1.82, 2.24) is 5.32 Å². The van der Waals surface area contributed by atoms with Crippen LogP contribution in [-0.2, 0) is 14.3 Å². The SMILES string of the molecule is CC(NC(=O)COC(=O)/C=C/c1ccccc1[N+](=O)[O-])c1cccc2ccccc12. The monoisotopic (exact) mass is 404 g/mol. The third-order valence-corrected chi connectivity index (χ3v) is 4.55. The zero-order chi connectivity index (χ0) is 21.5. The number of carbonyl (C=O) groups is 2. The summed E-state index contributed by atoms with van der Waals surface area (Å²) in [6.07, 6.45) is 2.35. The molecule has 0 aliphatic rings. The first-order valence-electron chi connectivity index (χ1n) is 9.31. The van der Waals surface area contributed by atoms with E-state index >= 15 is 0 Å². The van der Waals surface area contributed by atoms with Crippen molar-refractivity contribution in [2.75, 3.05) is 6.61 Å². The zero-order valence-electron chi connectivity index (χ0n) is 16.3. The van der Waals surface area contributed by atoms with Crippen LogP contribution in [0.4, 0.5) is 5.69 Å². The fourth-order valence-electron chi connectivity index (χ4n) is 3.13. The van der Waals surface area contributed by atoms with Gasteiger partial charge >= 0.3 is 5.97 Å². The summed E-state index contributed by atoms with van der Waals surface area (Å²) in [5.74, 6) is -1.20. The first-order chi connectivity index (χ1) is 14.5. The zero-order valence-corrected chi connectivity index (χ0v) is 16.3. The predicted molar refractivity (Wildman–Crippen MR) is 114 cm³/mol. The van der Waals surface area contributed by atoms with Gasteiger partial charge in [-0.3, -0.25) is 14.9 Å². The second kappa shape index (κ2) is 9.47. The van der Waals surface area contributed by atoms with Crippen LogP contribution in [0.2, 0.25) is 0 Å². The fourth-order valence-corrected chi connectivity index (χ4v) is 3.13. The summed E-state index contributed by atoms with van der Waals surface area (Å²) in [7, 11) is 0. The molecular weight excluding hydrogens is 384 g/mol. The van der Waals surface area contributed by atoms with Gasteiger partial charge in [0, 0.05) is 12.1 Å². The van der Waals surface area contributed by atoms with Crippen molar-refractivity contribution in [3.05, 3.63) is 94.0 Å². The Morgan fingerprint density at radius 1 is 1.07 bits per heavy atom. The van der Waals surface area contributed by atoms with Gasteiger partial charge in [0.1, 0.15) is 0 Å². The van der Waals surface area contributed by atoms with Gasteiger partial charge in [-0.15, -0.1) is 0 Å². The number of benzene rings is 3. The number of carbonyl (C=O) groups excluding carboxylic acids is 2. The summed E-state index contributed by atoms with van der Waals surface area (Å²) in [5, 5.41) is 15.9. The normalized spacial score (nSPS) is 11.9. The Morgan fingerprint density at radius 2 is 1.77 bits per heavy atom. The minimum absolute atomic E-state index is 0.122. The fraction of sp³-hybridized carbons (Fsp3) is 0.130. The average molecular weight is 404 g/mol. The van der Waals surface area contributed by atoms with E-state index in [4.69, 9.17) is 4.74 Å². The minimum Gasteiger partial charge on any atom is -0.452 e. The van der Waals surface area contributed by atoms with Crippen molar-refractivity contribution in [2.45, 2.75) is 13.0 Å². The van der Waals surface area contributed by atoms with Crippen molar-refractivity contribution in [1.29, 1.82) is 0 Å². The summed E-state index contributed by atoms with van der Waals surface area (Å²) >= 11 is 0. The van der Waals surface area contributed by atoms with Crippen LogP contribution in [0.15, 0.2) is 72.8 Å². The van der Waals surface area contributed by atoms with Crippen molar-refractivity contribution >= 4 is 34.4 Å². The highest BCUT2D eigenvalue weighted by Crippen LogP contribution is 2.24. The maximum absolute atomic E-state index is 12.2. The number of ether oxygens (including phenoxy) is 1. The highest BCUT2D eigenvalue weighted by molar-refractivity contribution is 5.90. The Hall–Kier alpha value is -4.00. The number of hydrogen-bond donors (Lipinski definition) is 1. The molecule has 0 aliphatic heterocycles. The number of nitrogens with zero attached hydrogens (tertiary/aromatic N) is 1. The topological polar surface area (TPSA) is 98.5 Å². The lowest BCUT2D eigenvalue weighted by molar-refractivity contribution is -0.385. The van der Waals surface area contributed by atoms with Crippen molar-refractivity contribution in [2.24, 2.45) is 0 Å². The van der Waals surface area contributed by atoms with E-state index < -0.39 is 23.4 Å². The molecule has 1 amide bonds. The lowest BCUT2D eigenvalue weighted by Gasteiger charge is -2.16. The van der Waals surface area contributed by atoms with Gasteiger partial charge in [0.15, 0.2) is 6.61 Å². The molecule has 3 aromatic rings. The highest BCUT2D eigenvalue weighted by atomic mass is 16.6. The van der Waals surface area contributed by atoms with Crippen molar-refractivity contribution < 1.29 is 19.2 Å². The maximum atomic E-state index is 12.2.